The lowest BCUT2D eigenvalue weighted by Crippen LogP contribution is -2.41. The molecule has 128 valence electrons. The summed E-state index contributed by atoms with van der Waals surface area (Å²) < 4.78 is 46.7. The quantitative estimate of drug-likeness (QED) is 0.918. The molecule has 1 atom stereocenters. The molecule has 4 nitrogen and oxygen atoms in total. The van der Waals surface area contributed by atoms with Gasteiger partial charge in [0.05, 0.1) is 11.8 Å². The first-order valence-corrected chi connectivity index (χ1v) is 9.42. The van der Waals surface area contributed by atoms with E-state index in [1.165, 1.54) is 24.3 Å². The molecule has 0 saturated carbocycles. The Morgan fingerprint density at radius 2 is 1.83 bits per heavy atom. The van der Waals surface area contributed by atoms with E-state index in [-0.39, 0.29) is 17.6 Å². The van der Waals surface area contributed by atoms with Crippen molar-refractivity contribution in [2.75, 3.05) is 0 Å². The zero-order chi connectivity index (χ0) is 17.4. The maximum absolute atomic E-state index is 13.0. The molecule has 3 rings (SSSR count). The highest BCUT2D eigenvalue weighted by atomic mass is 32.2. The van der Waals surface area contributed by atoms with E-state index in [1.54, 1.807) is 0 Å². The third kappa shape index (κ3) is 3.94. The first-order valence-electron chi connectivity index (χ1n) is 7.76. The molecule has 24 heavy (non-hydrogen) atoms. The Balaban J connectivity index is 1.82. The Morgan fingerprint density at radius 1 is 1.17 bits per heavy atom. The first-order chi connectivity index (χ1) is 11.2. The fourth-order valence-corrected chi connectivity index (χ4v) is 4.32. The minimum absolute atomic E-state index is 0.187. The molecular formula is C18H20FNO3S. The Hall–Kier alpha value is -1.92. The van der Waals surface area contributed by atoms with Gasteiger partial charge in [0.25, 0.3) is 0 Å². The summed E-state index contributed by atoms with van der Waals surface area (Å²) >= 11 is 0. The van der Waals surface area contributed by atoms with E-state index in [0.717, 1.165) is 5.56 Å². The van der Waals surface area contributed by atoms with Gasteiger partial charge in [0.2, 0.25) is 10.0 Å². The van der Waals surface area contributed by atoms with Crippen molar-refractivity contribution < 1.29 is 17.5 Å². The second kappa shape index (κ2) is 6.18. The van der Waals surface area contributed by atoms with Crippen LogP contribution in [0.5, 0.6) is 5.75 Å². The molecular weight excluding hydrogens is 329 g/mol. The van der Waals surface area contributed by atoms with E-state index in [2.05, 4.69) is 4.72 Å². The van der Waals surface area contributed by atoms with Gasteiger partial charge in [-0.05, 0) is 37.6 Å². The smallest absolute Gasteiger partial charge is 0.216 e. The van der Waals surface area contributed by atoms with Crippen LogP contribution in [0.2, 0.25) is 0 Å². The molecule has 0 aromatic heterocycles. The molecule has 6 heteroatoms. The van der Waals surface area contributed by atoms with Gasteiger partial charge in [-0.1, -0.05) is 30.3 Å². The van der Waals surface area contributed by atoms with E-state index in [4.69, 9.17) is 4.74 Å². The van der Waals surface area contributed by atoms with Gasteiger partial charge in [0.1, 0.15) is 17.2 Å². The fraction of sp³-hybridized carbons (Fsp3) is 0.333. The normalized spacial score (nSPS) is 19.4. The Kier molecular flexibility index (Phi) is 4.36. The van der Waals surface area contributed by atoms with Crippen LogP contribution < -0.4 is 9.46 Å². The average Bonchev–Trinajstić information content (AvgIpc) is 2.48. The van der Waals surface area contributed by atoms with Crippen LogP contribution in [0, 0.1) is 5.82 Å². The highest BCUT2D eigenvalue weighted by molar-refractivity contribution is 7.88. The van der Waals surface area contributed by atoms with Crippen LogP contribution in [-0.4, -0.2) is 14.0 Å². The van der Waals surface area contributed by atoms with Crippen molar-refractivity contribution in [1.82, 2.24) is 4.72 Å². The fourth-order valence-electron chi connectivity index (χ4n) is 2.97. The number of hydrogen-bond acceptors (Lipinski definition) is 3. The minimum atomic E-state index is -3.57. The predicted molar refractivity (Wildman–Crippen MR) is 90.7 cm³/mol. The van der Waals surface area contributed by atoms with Crippen LogP contribution in [0.4, 0.5) is 4.39 Å². The van der Waals surface area contributed by atoms with Crippen molar-refractivity contribution in [3.63, 3.8) is 0 Å². The summed E-state index contributed by atoms with van der Waals surface area (Å²) in [7, 11) is -3.57. The van der Waals surface area contributed by atoms with E-state index in [1.807, 2.05) is 38.1 Å². The monoisotopic (exact) mass is 349 g/mol. The van der Waals surface area contributed by atoms with Gasteiger partial charge >= 0.3 is 0 Å². The maximum Gasteiger partial charge on any atom is 0.216 e. The molecule has 0 aliphatic carbocycles. The number of ether oxygens (including phenoxy) is 1. The van der Waals surface area contributed by atoms with E-state index >= 15 is 0 Å². The van der Waals surface area contributed by atoms with E-state index < -0.39 is 15.6 Å². The van der Waals surface area contributed by atoms with Gasteiger partial charge in [0, 0.05) is 12.0 Å². The summed E-state index contributed by atoms with van der Waals surface area (Å²) in [6, 6.07) is 12.6. The standard InChI is InChI=1S/C18H20FNO3S/c1-18(2)11-16(15-5-3-4-6-17(15)23-18)20-24(21,22)12-13-7-9-14(19)10-8-13/h3-10,16,20H,11-12H2,1-2H3/t16-/m1/s1. The van der Waals surface area contributed by atoms with Gasteiger partial charge in [-0.25, -0.2) is 17.5 Å². The summed E-state index contributed by atoms with van der Waals surface area (Å²) in [5.74, 6) is 0.125. The van der Waals surface area contributed by atoms with Gasteiger partial charge in [-0.15, -0.1) is 0 Å². The second-order valence-corrected chi connectivity index (χ2v) is 8.41. The number of rotatable bonds is 4. The van der Waals surface area contributed by atoms with E-state index in [9.17, 15) is 12.8 Å². The molecule has 1 aliphatic heterocycles. The Labute approximate surface area is 141 Å². The van der Waals surface area contributed by atoms with Crippen LogP contribution in [-0.2, 0) is 15.8 Å². The van der Waals surface area contributed by atoms with Crippen molar-refractivity contribution in [2.24, 2.45) is 0 Å². The third-order valence-corrected chi connectivity index (χ3v) is 5.33. The van der Waals surface area contributed by atoms with Gasteiger partial charge < -0.3 is 4.74 Å². The molecule has 0 fully saturated rings. The molecule has 0 unspecified atom stereocenters. The number of hydrogen-bond donors (Lipinski definition) is 1. The number of sulfonamides is 1. The summed E-state index contributed by atoms with van der Waals surface area (Å²) in [5.41, 5.74) is 0.917. The van der Waals surface area contributed by atoms with Crippen LogP contribution in [0.3, 0.4) is 0 Å². The van der Waals surface area contributed by atoms with Crippen LogP contribution >= 0.6 is 0 Å². The van der Waals surface area contributed by atoms with Crippen molar-refractivity contribution in [2.45, 2.75) is 37.7 Å². The summed E-state index contributed by atoms with van der Waals surface area (Å²) in [4.78, 5) is 0. The number of nitrogens with one attached hydrogen (secondary N) is 1. The molecule has 1 N–H and O–H groups in total. The number of fused-ring (bicyclic) bond motifs is 1. The lowest BCUT2D eigenvalue weighted by Gasteiger charge is -2.37. The summed E-state index contributed by atoms with van der Waals surface area (Å²) in [6.07, 6.45) is 0.534. The predicted octanol–water partition coefficient (Wildman–Crippen LogP) is 3.55. The second-order valence-electron chi connectivity index (χ2n) is 6.66. The molecule has 2 aromatic rings. The molecule has 1 aliphatic rings. The topological polar surface area (TPSA) is 55.4 Å². The molecule has 0 saturated heterocycles. The van der Waals surface area contributed by atoms with Crippen molar-refractivity contribution >= 4 is 10.0 Å². The van der Waals surface area contributed by atoms with Crippen molar-refractivity contribution in [3.05, 3.63) is 65.5 Å². The van der Waals surface area contributed by atoms with Gasteiger partial charge in [0.15, 0.2) is 0 Å². The van der Waals surface area contributed by atoms with Crippen LogP contribution in [0.1, 0.15) is 37.4 Å². The molecule has 0 radical (unpaired) electrons. The van der Waals surface area contributed by atoms with Crippen LogP contribution in [0.25, 0.3) is 0 Å². The number of benzene rings is 2. The van der Waals surface area contributed by atoms with Crippen molar-refractivity contribution in [3.8, 4) is 5.75 Å². The number of para-hydroxylation sites is 1. The first kappa shape index (κ1) is 16.9. The highest BCUT2D eigenvalue weighted by Gasteiger charge is 2.35. The Bertz CT molecular complexity index is 832. The summed E-state index contributed by atoms with van der Waals surface area (Å²) in [6.45, 7) is 3.87. The van der Waals surface area contributed by atoms with E-state index in [0.29, 0.717) is 17.7 Å². The maximum atomic E-state index is 13.0. The Morgan fingerprint density at radius 3 is 2.54 bits per heavy atom. The van der Waals surface area contributed by atoms with Gasteiger partial charge in [-0.2, -0.15) is 0 Å². The van der Waals surface area contributed by atoms with Crippen LogP contribution in [0.15, 0.2) is 48.5 Å². The largest absolute Gasteiger partial charge is 0.487 e. The lowest BCUT2D eigenvalue weighted by atomic mass is 9.90. The molecule has 0 bridgehead atoms. The molecule has 1 heterocycles. The zero-order valence-corrected chi connectivity index (χ0v) is 14.4. The number of halogens is 1. The zero-order valence-electron chi connectivity index (χ0n) is 13.6. The molecule has 0 spiro atoms. The SMILES string of the molecule is CC1(C)C[C@@H](NS(=O)(=O)Cc2ccc(F)cc2)c2ccccc2O1. The van der Waals surface area contributed by atoms with Gasteiger partial charge in [-0.3, -0.25) is 0 Å². The minimum Gasteiger partial charge on any atom is -0.487 e. The highest BCUT2D eigenvalue weighted by Crippen LogP contribution is 2.39. The third-order valence-electron chi connectivity index (χ3n) is 3.97. The summed E-state index contributed by atoms with van der Waals surface area (Å²) in [5, 5.41) is 0. The lowest BCUT2D eigenvalue weighted by molar-refractivity contribution is 0.0702. The molecule has 2 aromatic carbocycles. The molecule has 0 amide bonds. The van der Waals surface area contributed by atoms with Crippen molar-refractivity contribution in [1.29, 1.82) is 0 Å². The average molecular weight is 349 g/mol.